The van der Waals surface area contributed by atoms with E-state index in [1.807, 2.05) is 50.2 Å². The molecule has 0 bridgehead atoms. The van der Waals surface area contributed by atoms with Crippen LogP contribution in [0.3, 0.4) is 0 Å². The predicted molar refractivity (Wildman–Crippen MR) is 123 cm³/mol. The molecule has 0 aliphatic heterocycles. The van der Waals surface area contributed by atoms with Crippen LogP contribution in [0.1, 0.15) is 37.3 Å². The Kier molecular flexibility index (Phi) is 8.06. The fourth-order valence-corrected chi connectivity index (χ4v) is 4.03. The standard InChI is InChI=1S/C25H30N2O6/c1-15(2)21(12-23(28)29)27-24(30)22(32-3)13-26-25(31)33-14-20-18-10-6-4-8-16(18)17-9-5-7-11-19(17)20/h4-11,15,20-22H,12-14H2,1-3H3,(H,26,31)(H,27,30)(H,28,29)/t21-,22?/m1/s1. The summed E-state index contributed by atoms with van der Waals surface area (Å²) < 4.78 is 10.7. The molecule has 1 aliphatic rings. The van der Waals surface area contributed by atoms with E-state index in [1.165, 1.54) is 7.11 Å². The van der Waals surface area contributed by atoms with Crippen LogP contribution in [0.4, 0.5) is 4.79 Å². The van der Waals surface area contributed by atoms with Crippen molar-refractivity contribution in [3.8, 4) is 11.1 Å². The van der Waals surface area contributed by atoms with Gasteiger partial charge in [0.05, 0.1) is 13.0 Å². The van der Waals surface area contributed by atoms with Gasteiger partial charge in [0.1, 0.15) is 6.61 Å². The summed E-state index contributed by atoms with van der Waals surface area (Å²) in [5, 5.41) is 14.3. The molecule has 0 saturated heterocycles. The van der Waals surface area contributed by atoms with Gasteiger partial charge < -0.3 is 25.2 Å². The summed E-state index contributed by atoms with van der Waals surface area (Å²) in [7, 11) is 1.35. The highest BCUT2D eigenvalue weighted by Crippen LogP contribution is 2.44. The van der Waals surface area contributed by atoms with Gasteiger partial charge in [0.2, 0.25) is 0 Å². The van der Waals surface area contributed by atoms with E-state index in [0.29, 0.717) is 0 Å². The number of alkyl carbamates (subject to hydrolysis) is 1. The molecular formula is C25H30N2O6. The van der Waals surface area contributed by atoms with Crippen LogP contribution >= 0.6 is 0 Å². The number of carbonyl (C=O) groups excluding carboxylic acids is 2. The van der Waals surface area contributed by atoms with Crippen molar-refractivity contribution >= 4 is 18.0 Å². The summed E-state index contributed by atoms with van der Waals surface area (Å²) in [4.78, 5) is 35.9. The third kappa shape index (κ3) is 5.90. The second-order valence-corrected chi connectivity index (χ2v) is 8.39. The van der Waals surface area contributed by atoms with Gasteiger partial charge >= 0.3 is 12.1 Å². The molecule has 1 unspecified atom stereocenters. The van der Waals surface area contributed by atoms with Crippen molar-refractivity contribution in [3.63, 3.8) is 0 Å². The van der Waals surface area contributed by atoms with Gasteiger partial charge in [0.15, 0.2) is 6.10 Å². The highest BCUT2D eigenvalue weighted by molar-refractivity contribution is 5.83. The lowest BCUT2D eigenvalue weighted by atomic mass is 9.98. The molecule has 2 amide bonds. The van der Waals surface area contributed by atoms with Gasteiger partial charge in [-0.25, -0.2) is 4.79 Å². The molecule has 176 valence electrons. The number of fused-ring (bicyclic) bond motifs is 3. The largest absolute Gasteiger partial charge is 0.481 e. The third-order valence-corrected chi connectivity index (χ3v) is 5.88. The quantitative estimate of drug-likeness (QED) is 0.508. The van der Waals surface area contributed by atoms with Gasteiger partial charge in [-0.2, -0.15) is 0 Å². The van der Waals surface area contributed by atoms with E-state index in [2.05, 4.69) is 22.8 Å². The first-order valence-corrected chi connectivity index (χ1v) is 11.0. The van der Waals surface area contributed by atoms with E-state index in [-0.39, 0.29) is 31.4 Å². The second kappa shape index (κ2) is 11.0. The first kappa shape index (κ1) is 24.3. The van der Waals surface area contributed by atoms with Crippen LogP contribution in [-0.4, -0.2) is 55.5 Å². The van der Waals surface area contributed by atoms with Gasteiger partial charge in [-0.1, -0.05) is 62.4 Å². The second-order valence-electron chi connectivity index (χ2n) is 8.39. The van der Waals surface area contributed by atoms with Gasteiger partial charge in [-0.15, -0.1) is 0 Å². The number of hydrogen-bond donors (Lipinski definition) is 3. The highest BCUT2D eigenvalue weighted by Gasteiger charge is 2.29. The number of aliphatic carboxylic acids is 1. The van der Waals surface area contributed by atoms with Gasteiger partial charge in [0.25, 0.3) is 5.91 Å². The average molecular weight is 455 g/mol. The number of amides is 2. The van der Waals surface area contributed by atoms with Crippen molar-refractivity contribution in [2.45, 2.75) is 38.3 Å². The number of carbonyl (C=O) groups is 3. The van der Waals surface area contributed by atoms with E-state index < -0.39 is 30.1 Å². The van der Waals surface area contributed by atoms with E-state index in [9.17, 15) is 14.4 Å². The molecule has 2 atom stereocenters. The van der Waals surface area contributed by atoms with Crippen molar-refractivity contribution in [1.82, 2.24) is 10.6 Å². The van der Waals surface area contributed by atoms with Crippen molar-refractivity contribution in [1.29, 1.82) is 0 Å². The van der Waals surface area contributed by atoms with Crippen molar-refractivity contribution < 1.29 is 29.0 Å². The zero-order valence-corrected chi connectivity index (χ0v) is 19.0. The lowest BCUT2D eigenvalue weighted by Gasteiger charge is -2.24. The maximum atomic E-state index is 12.5. The van der Waals surface area contributed by atoms with Crippen molar-refractivity contribution in [3.05, 3.63) is 59.7 Å². The van der Waals surface area contributed by atoms with Crippen LogP contribution in [0, 0.1) is 5.92 Å². The van der Waals surface area contributed by atoms with E-state index in [4.69, 9.17) is 14.6 Å². The predicted octanol–water partition coefficient (Wildman–Crippen LogP) is 3.16. The smallest absolute Gasteiger partial charge is 0.407 e. The lowest BCUT2D eigenvalue weighted by molar-refractivity contribution is -0.138. The van der Waals surface area contributed by atoms with Crippen LogP contribution in [0.25, 0.3) is 11.1 Å². The number of benzene rings is 2. The molecule has 0 heterocycles. The van der Waals surface area contributed by atoms with Crippen molar-refractivity contribution in [2.75, 3.05) is 20.3 Å². The van der Waals surface area contributed by atoms with E-state index in [1.54, 1.807) is 0 Å². The van der Waals surface area contributed by atoms with Gasteiger partial charge in [-0.3, -0.25) is 9.59 Å². The van der Waals surface area contributed by atoms with Crippen LogP contribution in [0.15, 0.2) is 48.5 Å². The first-order valence-electron chi connectivity index (χ1n) is 11.0. The number of carboxylic acid groups (broad SMARTS) is 1. The fraction of sp³-hybridized carbons (Fsp3) is 0.400. The summed E-state index contributed by atoms with van der Waals surface area (Å²) >= 11 is 0. The summed E-state index contributed by atoms with van der Waals surface area (Å²) in [6.45, 7) is 3.71. The molecule has 8 nitrogen and oxygen atoms in total. The Labute approximate surface area is 193 Å². The SMILES string of the molecule is COC(CNC(=O)OCC1c2ccccc2-c2ccccc21)C(=O)N[C@H](CC(=O)O)C(C)C. The minimum Gasteiger partial charge on any atom is -0.481 e. The fourth-order valence-electron chi connectivity index (χ4n) is 4.03. The van der Waals surface area contributed by atoms with Crippen LogP contribution in [0.5, 0.6) is 0 Å². The topological polar surface area (TPSA) is 114 Å². The molecule has 0 aromatic heterocycles. The summed E-state index contributed by atoms with van der Waals surface area (Å²) in [6.07, 6.45) is -1.82. The normalized spacial score (nSPS) is 14.2. The number of methoxy groups -OCH3 is 1. The van der Waals surface area contributed by atoms with Gasteiger partial charge in [-0.05, 0) is 28.2 Å². The molecule has 0 fully saturated rings. The molecule has 0 saturated carbocycles. The number of carboxylic acids is 1. The summed E-state index contributed by atoms with van der Waals surface area (Å²) in [6, 6.07) is 15.6. The Morgan fingerprint density at radius 2 is 1.58 bits per heavy atom. The van der Waals surface area contributed by atoms with Crippen molar-refractivity contribution in [2.24, 2.45) is 5.92 Å². The van der Waals surface area contributed by atoms with Gasteiger partial charge in [0, 0.05) is 19.1 Å². The molecule has 2 aromatic carbocycles. The molecule has 1 aliphatic carbocycles. The molecule has 0 spiro atoms. The highest BCUT2D eigenvalue weighted by atomic mass is 16.5. The molecule has 0 radical (unpaired) electrons. The minimum absolute atomic E-state index is 0.0625. The summed E-state index contributed by atoms with van der Waals surface area (Å²) in [5.74, 6) is -1.62. The Morgan fingerprint density at radius 1 is 1.00 bits per heavy atom. The minimum atomic E-state index is -1.00. The Morgan fingerprint density at radius 3 is 2.09 bits per heavy atom. The first-order chi connectivity index (χ1) is 15.8. The average Bonchev–Trinajstić information content (AvgIpc) is 3.11. The van der Waals surface area contributed by atoms with E-state index in [0.717, 1.165) is 22.3 Å². The van der Waals surface area contributed by atoms with Crippen LogP contribution in [0.2, 0.25) is 0 Å². The molecule has 2 aromatic rings. The Balaban J connectivity index is 1.54. The van der Waals surface area contributed by atoms with Crippen LogP contribution < -0.4 is 10.6 Å². The monoisotopic (exact) mass is 454 g/mol. The maximum Gasteiger partial charge on any atom is 0.407 e. The lowest BCUT2D eigenvalue weighted by Crippen LogP contribution is -2.49. The number of rotatable bonds is 10. The molecular weight excluding hydrogens is 424 g/mol. The third-order valence-electron chi connectivity index (χ3n) is 5.88. The zero-order valence-electron chi connectivity index (χ0n) is 19.0. The Hall–Kier alpha value is -3.39. The molecule has 3 N–H and O–H groups in total. The van der Waals surface area contributed by atoms with Crippen LogP contribution in [-0.2, 0) is 19.1 Å². The molecule has 33 heavy (non-hydrogen) atoms. The molecule has 8 heteroatoms. The number of ether oxygens (including phenoxy) is 2. The molecule has 3 rings (SSSR count). The Bertz CT molecular complexity index is 960. The maximum absolute atomic E-state index is 12.5. The summed E-state index contributed by atoms with van der Waals surface area (Å²) in [5.41, 5.74) is 4.50. The number of hydrogen-bond acceptors (Lipinski definition) is 5. The zero-order chi connectivity index (χ0) is 24.0. The van der Waals surface area contributed by atoms with E-state index >= 15 is 0 Å². The number of nitrogens with one attached hydrogen (secondary N) is 2.